The zero-order valence-electron chi connectivity index (χ0n) is 13.7. The molecule has 1 N–H and O–H groups in total. The minimum Gasteiger partial charge on any atom is -0.322 e. The van der Waals surface area contributed by atoms with Gasteiger partial charge in [0, 0.05) is 17.4 Å². The van der Waals surface area contributed by atoms with Gasteiger partial charge in [0.05, 0.1) is 16.8 Å². The first-order chi connectivity index (χ1) is 12.3. The number of aromatic nitrogens is 2. The summed E-state index contributed by atoms with van der Waals surface area (Å²) < 4.78 is 38.3. The Morgan fingerprint density at radius 3 is 2.42 bits per heavy atom. The van der Waals surface area contributed by atoms with Crippen LogP contribution < -0.4 is 5.32 Å². The quantitative estimate of drug-likeness (QED) is 0.738. The molecule has 3 aromatic rings. The second-order valence-electron chi connectivity index (χ2n) is 5.59. The number of amides is 1. The summed E-state index contributed by atoms with van der Waals surface area (Å²) in [5.41, 5.74) is 0.657. The average Bonchev–Trinajstić information content (AvgIpc) is 2.62. The highest BCUT2D eigenvalue weighted by molar-refractivity contribution is 6.04. The Bertz CT molecular complexity index is 940. The minimum atomic E-state index is -4.48. The number of carbonyl (C=O) groups is 1. The molecule has 1 aromatic heterocycles. The van der Waals surface area contributed by atoms with Crippen molar-refractivity contribution < 1.29 is 18.0 Å². The van der Waals surface area contributed by atoms with Crippen molar-refractivity contribution in [2.45, 2.75) is 13.1 Å². The lowest BCUT2D eigenvalue weighted by Crippen LogP contribution is -2.15. The highest BCUT2D eigenvalue weighted by Crippen LogP contribution is 2.30. The number of alkyl halides is 3. The van der Waals surface area contributed by atoms with Crippen LogP contribution in [0.2, 0.25) is 0 Å². The Labute approximate surface area is 147 Å². The van der Waals surface area contributed by atoms with Crippen molar-refractivity contribution in [1.82, 2.24) is 9.97 Å². The summed E-state index contributed by atoms with van der Waals surface area (Å²) in [5, 5.41) is 2.45. The lowest BCUT2D eigenvalue weighted by Gasteiger charge is -2.11. The van der Waals surface area contributed by atoms with Gasteiger partial charge in [-0.1, -0.05) is 36.4 Å². The molecule has 0 unspecified atom stereocenters. The number of nitrogens with zero attached hydrogens (tertiary/aromatic N) is 2. The van der Waals surface area contributed by atoms with Crippen LogP contribution in [0, 0.1) is 6.92 Å². The molecule has 132 valence electrons. The van der Waals surface area contributed by atoms with Gasteiger partial charge in [0.1, 0.15) is 0 Å². The molecule has 1 heterocycles. The molecule has 0 aliphatic heterocycles. The number of hydrogen-bond acceptors (Lipinski definition) is 3. The molecule has 0 aliphatic carbocycles. The van der Waals surface area contributed by atoms with Gasteiger partial charge in [-0.15, -0.1) is 0 Å². The van der Waals surface area contributed by atoms with Crippen molar-refractivity contribution in [2.75, 3.05) is 5.32 Å². The highest BCUT2D eigenvalue weighted by Gasteiger charge is 2.30. The number of aryl methyl sites for hydroxylation is 1. The summed E-state index contributed by atoms with van der Waals surface area (Å²) >= 11 is 0. The maximum absolute atomic E-state index is 12.8. The average molecular weight is 357 g/mol. The molecular weight excluding hydrogens is 343 g/mol. The van der Waals surface area contributed by atoms with Gasteiger partial charge >= 0.3 is 6.18 Å². The molecule has 0 atom stereocenters. The van der Waals surface area contributed by atoms with Crippen LogP contribution in [0.25, 0.3) is 11.4 Å². The second-order valence-corrected chi connectivity index (χ2v) is 5.59. The van der Waals surface area contributed by atoms with E-state index in [1.54, 1.807) is 6.92 Å². The van der Waals surface area contributed by atoms with E-state index in [4.69, 9.17) is 0 Å². The van der Waals surface area contributed by atoms with Crippen molar-refractivity contribution in [1.29, 1.82) is 0 Å². The predicted molar refractivity (Wildman–Crippen MR) is 91.6 cm³/mol. The van der Waals surface area contributed by atoms with Crippen LogP contribution >= 0.6 is 0 Å². The van der Waals surface area contributed by atoms with Crippen molar-refractivity contribution in [3.8, 4) is 11.4 Å². The van der Waals surface area contributed by atoms with Crippen molar-refractivity contribution in [3.63, 3.8) is 0 Å². The first kappa shape index (κ1) is 17.6. The third-order valence-corrected chi connectivity index (χ3v) is 3.70. The number of anilines is 1. The van der Waals surface area contributed by atoms with Crippen LogP contribution in [0.5, 0.6) is 0 Å². The third-order valence-electron chi connectivity index (χ3n) is 3.70. The first-order valence-electron chi connectivity index (χ1n) is 7.72. The molecule has 0 bridgehead atoms. The molecule has 0 saturated carbocycles. The van der Waals surface area contributed by atoms with E-state index in [2.05, 4.69) is 15.3 Å². The smallest absolute Gasteiger partial charge is 0.322 e. The molecule has 26 heavy (non-hydrogen) atoms. The molecule has 0 saturated heterocycles. The zero-order valence-corrected chi connectivity index (χ0v) is 13.7. The van der Waals surface area contributed by atoms with E-state index in [0.717, 1.165) is 17.7 Å². The largest absolute Gasteiger partial charge is 0.416 e. The van der Waals surface area contributed by atoms with E-state index in [9.17, 15) is 18.0 Å². The standard InChI is InChI=1S/C19H14F3N3O/c1-12-16(11-23-17(24-12)13-6-3-2-4-7-13)18(26)25-15-9-5-8-14(10-15)19(20,21)22/h2-11H,1H3,(H,25,26). The van der Waals surface area contributed by atoms with Crippen molar-refractivity contribution >= 4 is 11.6 Å². The van der Waals surface area contributed by atoms with Crippen LogP contribution in [-0.2, 0) is 6.18 Å². The van der Waals surface area contributed by atoms with E-state index in [0.29, 0.717) is 11.5 Å². The number of carbonyl (C=O) groups excluding carboxylic acids is 1. The molecule has 0 aliphatic rings. The van der Waals surface area contributed by atoms with Gasteiger partial charge in [-0.2, -0.15) is 13.2 Å². The van der Waals surface area contributed by atoms with Gasteiger partial charge in [0.15, 0.2) is 5.82 Å². The van der Waals surface area contributed by atoms with Gasteiger partial charge in [-0.05, 0) is 25.1 Å². The van der Waals surface area contributed by atoms with Crippen LogP contribution in [0.4, 0.5) is 18.9 Å². The van der Waals surface area contributed by atoms with Gasteiger partial charge in [0.2, 0.25) is 0 Å². The number of benzene rings is 2. The van der Waals surface area contributed by atoms with E-state index in [1.807, 2.05) is 30.3 Å². The zero-order chi connectivity index (χ0) is 18.7. The fraction of sp³-hybridized carbons (Fsp3) is 0.105. The summed E-state index contributed by atoms with van der Waals surface area (Å²) in [6.45, 7) is 1.65. The summed E-state index contributed by atoms with van der Waals surface area (Å²) in [7, 11) is 0. The van der Waals surface area contributed by atoms with Crippen molar-refractivity contribution in [3.05, 3.63) is 77.6 Å². The van der Waals surface area contributed by atoms with Crippen LogP contribution in [0.1, 0.15) is 21.6 Å². The molecule has 7 heteroatoms. The topological polar surface area (TPSA) is 54.9 Å². The summed E-state index contributed by atoms with van der Waals surface area (Å²) in [4.78, 5) is 20.9. The van der Waals surface area contributed by atoms with Crippen LogP contribution in [0.3, 0.4) is 0 Å². The number of nitrogens with one attached hydrogen (secondary N) is 1. The molecule has 3 rings (SSSR count). The fourth-order valence-corrected chi connectivity index (χ4v) is 2.39. The Balaban J connectivity index is 1.83. The highest BCUT2D eigenvalue weighted by atomic mass is 19.4. The SMILES string of the molecule is Cc1nc(-c2ccccc2)ncc1C(=O)Nc1cccc(C(F)(F)F)c1. The van der Waals surface area contributed by atoms with Crippen molar-refractivity contribution in [2.24, 2.45) is 0 Å². The summed E-state index contributed by atoms with van der Waals surface area (Å²) in [5.74, 6) is -0.0971. The maximum Gasteiger partial charge on any atom is 0.416 e. The van der Waals surface area contributed by atoms with E-state index >= 15 is 0 Å². The molecule has 0 fully saturated rings. The van der Waals surface area contributed by atoms with Crippen LogP contribution in [0.15, 0.2) is 60.8 Å². The Hall–Kier alpha value is -3.22. The second kappa shape index (κ2) is 6.95. The molecule has 0 radical (unpaired) electrons. The summed E-state index contributed by atoms with van der Waals surface area (Å²) in [6.07, 6.45) is -3.11. The first-order valence-corrected chi connectivity index (χ1v) is 7.72. The Morgan fingerprint density at radius 2 is 1.77 bits per heavy atom. The molecule has 4 nitrogen and oxygen atoms in total. The lowest BCUT2D eigenvalue weighted by molar-refractivity contribution is -0.137. The van der Waals surface area contributed by atoms with Gasteiger partial charge in [-0.25, -0.2) is 9.97 Å². The molecule has 0 spiro atoms. The monoisotopic (exact) mass is 357 g/mol. The minimum absolute atomic E-state index is 0.0522. The number of halogens is 3. The normalized spacial score (nSPS) is 11.2. The third kappa shape index (κ3) is 3.88. The predicted octanol–water partition coefficient (Wildman–Crippen LogP) is 4.72. The van der Waals surface area contributed by atoms with Gasteiger partial charge in [0.25, 0.3) is 5.91 Å². The Morgan fingerprint density at radius 1 is 1.04 bits per heavy atom. The van der Waals surface area contributed by atoms with Crippen LogP contribution in [-0.4, -0.2) is 15.9 Å². The maximum atomic E-state index is 12.8. The lowest BCUT2D eigenvalue weighted by atomic mass is 10.1. The van der Waals surface area contributed by atoms with E-state index < -0.39 is 17.6 Å². The van der Waals surface area contributed by atoms with E-state index in [1.165, 1.54) is 18.3 Å². The molecule has 1 amide bonds. The van der Waals surface area contributed by atoms with E-state index in [-0.39, 0.29) is 11.3 Å². The number of rotatable bonds is 3. The molecular formula is C19H14F3N3O. The van der Waals surface area contributed by atoms with Gasteiger partial charge in [-0.3, -0.25) is 4.79 Å². The number of hydrogen-bond donors (Lipinski definition) is 1. The molecule has 2 aromatic carbocycles. The fourth-order valence-electron chi connectivity index (χ4n) is 2.39. The Kier molecular flexibility index (Phi) is 4.71. The summed E-state index contributed by atoms with van der Waals surface area (Å²) in [6, 6.07) is 13.7. The van der Waals surface area contributed by atoms with Gasteiger partial charge < -0.3 is 5.32 Å².